The molecule has 0 aliphatic carbocycles. The summed E-state index contributed by atoms with van der Waals surface area (Å²) in [7, 11) is -1.12. The maximum Gasteiger partial charge on any atom is 0.246 e. The molecule has 0 saturated heterocycles. The minimum absolute atomic E-state index is 0.127. The SMILES string of the molecule is COc1ccc(NC(=O)Cn2nc(SC)c(S(=O)(=O)c3ccc(F)cc3)c2N)c(OC)c1. The molecule has 170 valence electrons. The minimum atomic E-state index is -4.08. The third kappa shape index (κ3) is 4.65. The first-order chi connectivity index (χ1) is 15.2. The zero-order valence-corrected chi connectivity index (χ0v) is 19.1. The van der Waals surface area contributed by atoms with Gasteiger partial charge in [-0.25, -0.2) is 17.5 Å². The predicted octanol–water partition coefficient (Wildman–Crippen LogP) is 2.82. The van der Waals surface area contributed by atoms with Gasteiger partial charge < -0.3 is 20.5 Å². The molecule has 9 nitrogen and oxygen atoms in total. The van der Waals surface area contributed by atoms with Crippen LogP contribution in [0.4, 0.5) is 15.9 Å². The van der Waals surface area contributed by atoms with Crippen LogP contribution in [0.1, 0.15) is 0 Å². The second-order valence-electron chi connectivity index (χ2n) is 6.45. The Morgan fingerprint density at radius 3 is 2.47 bits per heavy atom. The number of benzene rings is 2. The van der Waals surface area contributed by atoms with Gasteiger partial charge in [0.15, 0.2) is 0 Å². The zero-order chi connectivity index (χ0) is 23.5. The first kappa shape index (κ1) is 23.4. The van der Waals surface area contributed by atoms with Gasteiger partial charge in [-0.05, 0) is 42.7 Å². The van der Waals surface area contributed by atoms with E-state index in [0.717, 1.165) is 40.7 Å². The molecule has 1 heterocycles. The van der Waals surface area contributed by atoms with Crippen molar-refractivity contribution in [2.75, 3.05) is 31.5 Å². The number of anilines is 2. The molecular formula is C20H21FN4O5S2. The smallest absolute Gasteiger partial charge is 0.246 e. The molecule has 0 unspecified atom stereocenters. The Kier molecular flexibility index (Phi) is 6.94. The molecule has 0 bridgehead atoms. The highest BCUT2D eigenvalue weighted by Crippen LogP contribution is 2.34. The van der Waals surface area contributed by atoms with Crippen molar-refractivity contribution in [1.82, 2.24) is 9.78 Å². The lowest BCUT2D eigenvalue weighted by Gasteiger charge is -2.12. The van der Waals surface area contributed by atoms with Crippen molar-refractivity contribution in [2.45, 2.75) is 21.4 Å². The number of rotatable bonds is 8. The number of aromatic nitrogens is 2. The largest absolute Gasteiger partial charge is 0.497 e. The van der Waals surface area contributed by atoms with Gasteiger partial charge in [0.1, 0.15) is 39.6 Å². The van der Waals surface area contributed by atoms with Crippen molar-refractivity contribution in [2.24, 2.45) is 0 Å². The fourth-order valence-electron chi connectivity index (χ4n) is 2.90. The maximum absolute atomic E-state index is 13.2. The molecule has 32 heavy (non-hydrogen) atoms. The van der Waals surface area contributed by atoms with Crippen molar-refractivity contribution in [3.8, 4) is 11.5 Å². The number of hydrogen-bond acceptors (Lipinski definition) is 8. The monoisotopic (exact) mass is 480 g/mol. The van der Waals surface area contributed by atoms with E-state index >= 15 is 0 Å². The molecule has 1 aromatic heterocycles. The highest BCUT2D eigenvalue weighted by Gasteiger charge is 2.29. The van der Waals surface area contributed by atoms with E-state index in [4.69, 9.17) is 15.2 Å². The molecule has 0 atom stereocenters. The van der Waals surface area contributed by atoms with Crippen molar-refractivity contribution < 1.29 is 27.1 Å². The topological polar surface area (TPSA) is 126 Å². The second-order valence-corrected chi connectivity index (χ2v) is 9.13. The summed E-state index contributed by atoms with van der Waals surface area (Å²) >= 11 is 1.07. The number of nitrogens with zero attached hydrogens (tertiary/aromatic N) is 2. The number of sulfone groups is 1. The number of hydrogen-bond donors (Lipinski definition) is 2. The summed E-state index contributed by atoms with van der Waals surface area (Å²) in [5, 5.41) is 6.98. The second kappa shape index (κ2) is 9.49. The lowest BCUT2D eigenvalue weighted by Crippen LogP contribution is -2.21. The number of carbonyl (C=O) groups excluding carboxylic acids is 1. The minimum Gasteiger partial charge on any atom is -0.497 e. The number of thioether (sulfide) groups is 1. The van der Waals surface area contributed by atoms with E-state index in [-0.39, 0.29) is 27.2 Å². The Balaban J connectivity index is 1.90. The van der Waals surface area contributed by atoms with Crippen LogP contribution in [0.25, 0.3) is 0 Å². The summed E-state index contributed by atoms with van der Waals surface area (Å²) in [5.41, 5.74) is 6.48. The lowest BCUT2D eigenvalue weighted by molar-refractivity contribution is -0.116. The lowest BCUT2D eigenvalue weighted by atomic mass is 10.2. The molecule has 0 spiro atoms. The number of methoxy groups -OCH3 is 2. The van der Waals surface area contributed by atoms with E-state index in [9.17, 15) is 17.6 Å². The summed E-state index contributed by atoms with van der Waals surface area (Å²) in [6, 6.07) is 9.25. The Morgan fingerprint density at radius 1 is 1.19 bits per heavy atom. The van der Waals surface area contributed by atoms with Crippen LogP contribution in [0.2, 0.25) is 0 Å². The predicted molar refractivity (Wildman–Crippen MR) is 118 cm³/mol. The number of halogens is 1. The van der Waals surface area contributed by atoms with Crippen LogP contribution in [0.5, 0.6) is 11.5 Å². The summed E-state index contributed by atoms with van der Waals surface area (Å²) in [5.74, 6) is -0.327. The van der Waals surface area contributed by atoms with Gasteiger partial charge in [-0.2, -0.15) is 5.10 Å². The molecule has 0 fully saturated rings. The number of nitrogens with two attached hydrogens (primary N) is 1. The summed E-state index contributed by atoms with van der Waals surface area (Å²) in [6.45, 7) is -0.340. The summed E-state index contributed by atoms with van der Waals surface area (Å²) in [6.07, 6.45) is 1.64. The molecule has 2 aromatic carbocycles. The molecule has 0 saturated carbocycles. The Morgan fingerprint density at radius 2 is 1.88 bits per heavy atom. The van der Waals surface area contributed by atoms with E-state index in [1.54, 1.807) is 24.5 Å². The number of carbonyl (C=O) groups is 1. The van der Waals surface area contributed by atoms with Crippen molar-refractivity contribution in [3.05, 3.63) is 48.3 Å². The van der Waals surface area contributed by atoms with Crippen LogP contribution >= 0.6 is 11.8 Å². The molecule has 3 aromatic rings. The highest BCUT2D eigenvalue weighted by molar-refractivity contribution is 7.99. The molecule has 1 amide bonds. The maximum atomic E-state index is 13.2. The van der Waals surface area contributed by atoms with Crippen molar-refractivity contribution >= 4 is 39.0 Å². The van der Waals surface area contributed by atoms with Gasteiger partial charge in [0.2, 0.25) is 15.7 Å². The summed E-state index contributed by atoms with van der Waals surface area (Å²) in [4.78, 5) is 12.2. The Hall–Kier alpha value is -3.25. The first-order valence-electron chi connectivity index (χ1n) is 9.14. The third-order valence-corrected chi connectivity index (χ3v) is 7.11. The van der Waals surface area contributed by atoms with Crippen LogP contribution in [-0.4, -0.2) is 44.6 Å². The van der Waals surface area contributed by atoms with Crippen LogP contribution in [0.15, 0.2) is 57.3 Å². The number of amides is 1. The highest BCUT2D eigenvalue weighted by atomic mass is 32.2. The number of nitrogen functional groups attached to an aromatic ring is 1. The average molecular weight is 481 g/mol. The van der Waals surface area contributed by atoms with Gasteiger partial charge in [-0.15, -0.1) is 11.8 Å². The summed E-state index contributed by atoms with van der Waals surface area (Å²) < 4.78 is 50.9. The number of nitrogens with one attached hydrogen (secondary N) is 1. The van der Waals surface area contributed by atoms with Gasteiger partial charge in [0.05, 0.1) is 24.8 Å². The fraction of sp³-hybridized carbons (Fsp3) is 0.200. The van der Waals surface area contributed by atoms with Crippen molar-refractivity contribution in [3.63, 3.8) is 0 Å². The van der Waals surface area contributed by atoms with Gasteiger partial charge in [-0.3, -0.25) is 4.79 Å². The molecule has 0 radical (unpaired) electrons. The standard InChI is InChI=1S/C20H21FN4O5S2/c1-29-13-6-9-15(16(10-13)30-2)23-17(26)11-25-19(22)18(20(24-25)31-3)32(27,28)14-7-4-12(21)5-8-14/h4-10H,11,22H2,1-3H3,(H,23,26). The van der Waals surface area contributed by atoms with Crippen molar-refractivity contribution in [1.29, 1.82) is 0 Å². The van der Waals surface area contributed by atoms with Gasteiger partial charge in [0.25, 0.3) is 0 Å². The normalized spacial score (nSPS) is 11.2. The quantitative estimate of drug-likeness (QED) is 0.372. The van der Waals surface area contributed by atoms with E-state index in [1.165, 1.54) is 14.2 Å². The van der Waals surface area contributed by atoms with E-state index in [1.807, 2.05) is 0 Å². The van der Waals surface area contributed by atoms with Gasteiger partial charge in [0, 0.05) is 6.07 Å². The molecule has 0 aliphatic heterocycles. The van der Waals surface area contributed by atoms with E-state index in [2.05, 4.69) is 10.4 Å². The van der Waals surface area contributed by atoms with Crippen LogP contribution in [0, 0.1) is 5.82 Å². The average Bonchev–Trinajstić information content (AvgIpc) is 3.10. The molecule has 3 rings (SSSR count). The van der Waals surface area contributed by atoms with Crippen LogP contribution in [0.3, 0.4) is 0 Å². The van der Waals surface area contributed by atoms with Crippen LogP contribution < -0.4 is 20.5 Å². The number of ether oxygens (including phenoxy) is 2. The van der Waals surface area contributed by atoms with E-state index < -0.39 is 21.6 Å². The molecule has 0 aliphatic rings. The third-order valence-electron chi connectivity index (χ3n) is 4.48. The Bertz CT molecular complexity index is 1240. The zero-order valence-electron chi connectivity index (χ0n) is 17.5. The Labute approximate surface area is 188 Å². The molecule has 12 heteroatoms. The molecule has 3 N–H and O–H groups in total. The molecular weight excluding hydrogens is 459 g/mol. The van der Waals surface area contributed by atoms with Crippen LogP contribution in [-0.2, 0) is 21.2 Å². The first-order valence-corrected chi connectivity index (χ1v) is 11.8. The van der Waals surface area contributed by atoms with Gasteiger partial charge in [-0.1, -0.05) is 0 Å². The fourth-order valence-corrected chi connectivity index (χ4v) is 5.33. The van der Waals surface area contributed by atoms with E-state index in [0.29, 0.717) is 17.2 Å². The van der Waals surface area contributed by atoms with Gasteiger partial charge >= 0.3 is 0 Å².